The lowest BCUT2D eigenvalue weighted by Gasteiger charge is -2.38. The van der Waals surface area contributed by atoms with E-state index in [2.05, 4.69) is 11.3 Å². The molecule has 6 heteroatoms. The van der Waals surface area contributed by atoms with Gasteiger partial charge in [-0.1, -0.05) is 44.6 Å². The summed E-state index contributed by atoms with van der Waals surface area (Å²) in [6, 6.07) is 1.93. The number of alkyl halides is 3. The lowest BCUT2D eigenvalue weighted by molar-refractivity contribution is -0.276. The number of aryl methyl sites for hydroxylation is 1. The molecule has 0 N–H and O–H groups in total. The Morgan fingerprint density at radius 3 is 1.82 bits per heavy atom. The van der Waals surface area contributed by atoms with Gasteiger partial charge >= 0.3 is 6.36 Å². The van der Waals surface area contributed by atoms with Gasteiger partial charge in [-0.3, -0.25) is 0 Å². The van der Waals surface area contributed by atoms with Crippen LogP contribution in [0.25, 0.3) is 0 Å². The Morgan fingerprint density at radius 2 is 1.33 bits per heavy atom. The van der Waals surface area contributed by atoms with Gasteiger partial charge in [0.15, 0.2) is 11.6 Å². The van der Waals surface area contributed by atoms with Gasteiger partial charge in [0.1, 0.15) is 0 Å². The third kappa shape index (κ3) is 8.29. The SMILES string of the molecule is C=CCCCCC1CCC(C2CCC(CCc3cc(F)c(OC(F)(F)F)c(F)c3)CC2)CC1. The summed E-state index contributed by atoms with van der Waals surface area (Å²) in [5.74, 6) is -0.921. The molecule has 2 aliphatic carbocycles. The van der Waals surface area contributed by atoms with Crippen LogP contribution in [0.1, 0.15) is 89.0 Å². The van der Waals surface area contributed by atoms with E-state index in [1.54, 1.807) is 0 Å². The van der Waals surface area contributed by atoms with Gasteiger partial charge in [0.05, 0.1) is 0 Å². The van der Waals surface area contributed by atoms with Crippen LogP contribution in [0, 0.1) is 35.3 Å². The van der Waals surface area contributed by atoms with E-state index in [0.29, 0.717) is 17.9 Å². The smallest absolute Gasteiger partial charge is 0.399 e. The van der Waals surface area contributed by atoms with Crippen LogP contribution in [0.4, 0.5) is 22.0 Å². The van der Waals surface area contributed by atoms with E-state index in [1.807, 2.05) is 6.08 Å². The molecule has 2 fully saturated rings. The second-order valence-corrected chi connectivity index (χ2v) is 10.1. The Bertz CT molecular complexity index is 720. The van der Waals surface area contributed by atoms with Crippen molar-refractivity contribution in [3.63, 3.8) is 0 Å². The quantitative estimate of drug-likeness (QED) is 0.187. The van der Waals surface area contributed by atoms with Crippen molar-refractivity contribution in [2.75, 3.05) is 0 Å². The van der Waals surface area contributed by atoms with Crippen molar-refractivity contribution >= 4 is 0 Å². The molecule has 1 aromatic rings. The number of benzene rings is 1. The summed E-state index contributed by atoms with van der Waals surface area (Å²) in [4.78, 5) is 0. The Morgan fingerprint density at radius 1 is 0.818 bits per heavy atom. The maximum atomic E-state index is 13.9. The molecule has 0 bridgehead atoms. The van der Waals surface area contributed by atoms with Crippen molar-refractivity contribution in [3.05, 3.63) is 42.0 Å². The Balaban J connectivity index is 1.38. The van der Waals surface area contributed by atoms with Crippen LogP contribution in [0.3, 0.4) is 0 Å². The minimum Gasteiger partial charge on any atom is -0.399 e. The normalized spacial score (nSPS) is 26.2. The van der Waals surface area contributed by atoms with Gasteiger partial charge in [-0.15, -0.1) is 19.8 Å². The molecule has 33 heavy (non-hydrogen) atoms. The molecule has 1 aromatic carbocycles. The van der Waals surface area contributed by atoms with Crippen molar-refractivity contribution in [2.24, 2.45) is 23.7 Å². The maximum absolute atomic E-state index is 13.9. The molecule has 2 aliphatic rings. The van der Waals surface area contributed by atoms with Gasteiger partial charge in [-0.05, 0) is 92.7 Å². The number of allylic oxidation sites excluding steroid dienone is 1. The third-order valence-electron chi connectivity index (χ3n) is 7.84. The van der Waals surface area contributed by atoms with Crippen LogP contribution >= 0.6 is 0 Å². The minimum atomic E-state index is -5.12. The van der Waals surface area contributed by atoms with Gasteiger partial charge in [0.25, 0.3) is 0 Å². The van der Waals surface area contributed by atoms with E-state index >= 15 is 0 Å². The predicted molar refractivity (Wildman–Crippen MR) is 121 cm³/mol. The number of ether oxygens (including phenoxy) is 1. The molecule has 0 aliphatic heterocycles. The molecule has 2 saturated carbocycles. The summed E-state index contributed by atoms with van der Waals surface area (Å²) < 4.78 is 68.2. The zero-order valence-corrected chi connectivity index (χ0v) is 19.4. The predicted octanol–water partition coefficient (Wildman–Crippen LogP) is 9.16. The van der Waals surface area contributed by atoms with E-state index in [0.717, 1.165) is 55.6 Å². The number of hydrogen-bond donors (Lipinski definition) is 0. The Hall–Kier alpha value is -1.59. The molecular weight excluding hydrogens is 435 g/mol. The first-order valence-electron chi connectivity index (χ1n) is 12.6. The molecule has 3 rings (SSSR count). The van der Waals surface area contributed by atoms with Crippen LogP contribution in [0.2, 0.25) is 0 Å². The molecule has 0 spiro atoms. The Kier molecular flexibility index (Phi) is 9.63. The fraction of sp³-hybridized carbons (Fsp3) is 0.704. The lowest BCUT2D eigenvalue weighted by atomic mass is 9.68. The van der Waals surface area contributed by atoms with E-state index in [9.17, 15) is 22.0 Å². The van der Waals surface area contributed by atoms with Crippen molar-refractivity contribution in [1.82, 2.24) is 0 Å². The van der Waals surface area contributed by atoms with Crippen LogP contribution < -0.4 is 4.74 Å². The molecule has 0 amide bonds. The van der Waals surface area contributed by atoms with Crippen molar-refractivity contribution < 1.29 is 26.7 Å². The fourth-order valence-corrected chi connectivity index (χ4v) is 5.96. The first-order chi connectivity index (χ1) is 15.7. The first kappa shape index (κ1) is 26.0. The molecule has 1 nitrogen and oxygen atoms in total. The lowest BCUT2D eigenvalue weighted by Crippen LogP contribution is -2.26. The van der Waals surface area contributed by atoms with E-state index in [4.69, 9.17) is 0 Å². The summed E-state index contributed by atoms with van der Waals surface area (Å²) in [7, 11) is 0. The second-order valence-electron chi connectivity index (χ2n) is 10.1. The standard InChI is InChI=1S/C27H37F5O/c1-2-3-4-5-6-19-9-13-22(14-10-19)23-15-11-20(12-16-23)7-8-21-17-24(28)26(25(29)18-21)33-27(30,31)32/h2,17-20,22-23H,1,3-16H2. The highest BCUT2D eigenvalue weighted by molar-refractivity contribution is 5.31. The summed E-state index contributed by atoms with van der Waals surface area (Å²) in [6.07, 6.45) is 13.4. The summed E-state index contributed by atoms with van der Waals surface area (Å²) in [6.45, 7) is 3.79. The average molecular weight is 473 g/mol. The number of rotatable bonds is 10. The monoisotopic (exact) mass is 472 g/mol. The van der Waals surface area contributed by atoms with Crippen molar-refractivity contribution in [3.8, 4) is 5.75 Å². The highest BCUT2D eigenvalue weighted by Gasteiger charge is 2.34. The van der Waals surface area contributed by atoms with Gasteiger partial charge in [-0.25, -0.2) is 8.78 Å². The van der Waals surface area contributed by atoms with Gasteiger partial charge in [0.2, 0.25) is 5.75 Å². The zero-order chi connectivity index (χ0) is 23.8. The maximum Gasteiger partial charge on any atom is 0.573 e. The minimum absolute atomic E-state index is 0.382. The van der Waals surface area contributed by atoms with Crippen LogP contribution in [-0.4, -0.2) is 6.36 Å². The second kappa shape index (κ2) is 12.2. The molecule has 0 unspecified atom stereocenters. The fourth-order valence-electron chi connectivity index (χ4n) is 5.96. The first-order valence-corrected chi connectivity index (χ1v) is 12.6. The van der Waals surface area contributed by atoms with Gasteiger partial charge < -0.3 is 4.74 Å². The number of hydrogen-bond acceptors (Lipinski definition) is 1. The van der Waals surface area contributed by atoms with Crippen LogP contribution in [0.5, 0.6) is 5.75 Å². The number of unbranched alkanes of at least 4 members (excludes halogenated alkanes) is 2. The molecular formula is C27H37F5O. The Labute approximate surface area is 194 Å². The van der Waals surface area contributed by atoms with Gasteiger partial charge in [0, 0.05) is 0 Å². The molecule has 0 heterocycles. The molecule has 0 aromatic heterocycles. The molecule has 0 radical (unpaired) electrons. The van der Waals surface area contributed by atoms with E-state index in [1.165, 1.54) is 57.8 Å². The molecule has 0 atom stereocenters. The van der Waals surface area contributed by atoms with Crippen molar-refractivity contribution in [1.29, 1.82) is 0 Å². The average Bonchev–Trinajstić information content (AvgIpc) is 2.78. The molecule has 186 valence electrons. The third-order valence-corrected chi connectivity index (χ3v) is 7.84. The van der Waals surface area contributed by atoms with Crippen molar-refractivity contribution in [2.45, 2.75) is 96.3 Å². The topological polar surface area (TPSA) is 9.23 Å². The van der Waals surface area contributed by atoms with Gasteiger partial charge in [-0.2, -0.15) is 0 Å². The number of halogens is 5. The highest BCUT2D eigenvalue weighted by atomic mass is 19.4. The van der Waals surface area contributed by atoms with Crippen LogP contribution in [0.15, 0.2) is 24.8 Å². The highest BCUT2D eigenvalue weighted by Crippen LogP contribution is 2.43. The van der Waals surface area contributed by atoms with E-state index in [-0.39, 0.29) is 0 Å². The molecule has 0 saturated heterocycles. The van der Waals surface area contributed by atoms with E-state index < -0.39 is 23.7 Å². The zero-order valence-electron chi connectivity index (χ0n) is 19.4. The van der Waals surface area contributed by atoms with Crippen LogP contribution in [-0.2, 0) is 6.42 Å². The summed E-state index contributed by atoms with van der Waals surface area (Å²) >= 11 is 0. The summed E-state index contributed by atoms with van der Waals surface area (Å²) in [5, 5.41) is 0. The summed E-state index contributed by atoms with van der Waals surface area (Å²) in [5.41, 5.74) is 0.382. The largest absolute Gasteiger partial charge is 0.573 e.